The molecule has 0 atom stereocenters. The van der Waals surface area contributed by atoms with Crippen LogP contribution in [0.3, 0.4) is 0 Å². The van der Waals surface area contributed by atoms with E-state index in [1.807, 2.05) is 4.72 Å². The number of hydrogen-bond acceptors (Lipinski definition) is 4. The average molecular weight is 347 g/mol. The molecule has 0 saturated carbocycles. The van der Waals surface area contributed by atoms with Crippen LogP contribution in [0.4, 0.5) is 18.9 Å². The Morgan fingerprint density at radius 3 is 2.39 bits per heavy atom. The summed E-state index contributed by atoms with van der Waals surface area (Å²) in [5.74, 6) is -0.937. The van der Waals surface area contributed by atoms with Gasteiger partial charge in [0.1, 0.15) is 16.4 Å². The van der Waals surface area contributed by atoms with Crippen LogP contribution in [0.2, 0.25) is 0 Å². The molecule has 0 aliphatic carbocycles. The van der Waals surface area contributed by atoms with Gasteiger partial charge in [0.05, 0.1) is 12.7 Å². The van der Waals surface area contributed by atoms with Crippen molar-refractivity contribution >= 4 is 15.7 Å². The molecule has 0 saturated heterocycles. The third kappa shape index (κ3) is 3.67. The summed E-state index contributed by atoms with van der Waals surface area (Å²) in [6.07, 6.45) is -4.81. The summed E-state index contributed by atoms with van der Waals surface area (Å²) in [7, 11) is -2.88. The Morgan fingerprint density at radius 1 is 1.13 bits per heavy atom. The Hall–Kier alpha value is -2.42. The lowest BCUT2D eigenvalue weighted by molar-refractivity contribution is -0.138. The molecule has 0 bridgehead atoms. The van der Waals surface area contributed by atoms with Gasteiger partial charge < -0.3 is 9.84 Å². The predicted molar refractivity (Wildman–Crippen MR) is 76.9 cm³/mol. The minimum atomic E-state index is -4.81. The number of sulfonamides is 1. The number of phenols is 1. The van der Waals surface area contributed by atoms with Crippen LogP contribution in [0.25, 0.3) is 0 Å². The first kappa shape index (κ1) is 16.9. The highest BCUT2D eigenvalue weighted by atomic mass is 32.2. The maximum Gasteiger partial charge on any atom is 0.420 e. The summed E-state index contributed by atoms with van der Waals surface area (Å²) in [5.41, 5.74) is -1.67. The number of anilines is 1. The highest BCUT2D eigenvalue weighted by Gasteiger charge is 2.34. The molecule has 0 radical (unpaired) electrons. The van der Waals surface area contributed by atoms with Gasteiger partial charge >= 0.3 is 6.18 Å². The van der Waals surface area contributed by atoms with Crippen LogP contribution in [-0.4, -0.2) is 20.6 Å². The Bertz CT molecular complexity index is 819. The quantitative estimate of drug-likeness (QED) is 0.833. The summed E-state index contributed by atoms with van der Waals surface area (Å²) < 4.78 is 69.8. The number of para-hydroxylation sites is 1. The van der Waals surface area contributed by atoms with Gasteiger partial charge in [0.2, 0.25) is 0 Å². The first-order chi connectivity index (χ1) is 10.6. The van der Waals surface area contributed by atoms with Crippen LogP contribution in [0.15, 0.2) is 47.4 Å². The lowest BCUT2D eigenvalue weighted by atomic mass is 10.2. The summed E-state index contributed by atoms with van der Waals surface area (Å²) >= 11 is 0. The fourth-order valence-electron chi connectivity index (χ4n) is 1.88. The molecule has 0 spiro atoms. The van der Waals surface area contributed by atoms with E-state index >= 15 is 0 Å². The lowest BCUT2D eigenvalue weighted by Gasteiger charge is -2.14. The van der Waals surface area contributed by atoms with E-state index in [-0.39, 0.29) is 16.3 Å². The molecule has 0 aliphatic rings. The van der Waals surface area contributed by atoms with E-state index in [1.165, 1.54) is 25.3 Å². The SMILES string of the molecule is COc1ccccc1S(=O)(=O)Nc1ccc(O)c(C(F)(F)F)c1. The van der Waals surface area contributed by atoms with Crippen molar-refractivity contribution in [2.75, 3.05) is 11.8 Å². The molecule has 5 nitrogen and oxygen atoms in total. The van der Waals surface area contributed by atoms with Gasteiger partial charge in [-0.05, 0) is 30.3 Å². The molecular formula is C14H12F3NO4S. The van der Waals surface area contributed by atoms with Gasteiger partial charge in [0, 0.05) is 5.69 Å². The van der Waals surface area contributed by atoms with E-state index in [0.717, 1.165) is 12.1 Å². The average Bonchev–Trinajstić information content (AvgIpc) is 2.48. The molecule has 124 valence electrons. The molecule has 2 rings (SSSR count). The third-order valence-electron chi connectivity index (χ3n) is 2.91. The maximum atomic E-state index is 12.7. The molecule has 2 aromatic rings. The second-order valence-corrected chi connectivity index (χ2v) is 6.14. The molecule has 0 unspecified atom stereocenters. The van der Waals surface area contributed by atoms with Crippen molar-refractivity contribution in [2.24, 2.45) is 0 Å². The smallest absolute Gasteiger partial charge is 0.420 e. The van der Waals surface area contributed by atoms with E-state index in [1.54, 1.807) is 6.07 Å². The molecule has 0 fully saturated rings. The van der Waals surface area contributed by atoms with E-state index in [0.29, 0.717) is 6.07 Å². The van der Waals surface area contributed by atoms with Crippen molar-refractivity contribution in [1.29, 1.82) is 0 Å². The van der Waals surface area contributed by atoms with Crippen molar-refractivity contribution in [1.82, 2.24) is 0 Å². The van der Waals surface area contributed by atoms with Crippen LogP contribution in [0.1, 0.15) is 5.56 Å². The molecular weight excluding hydrogens is 335 g/mol. The van der Waals surface area contributed by atoms with Crippen LogP contribution >= 0.6 is 0 Å². The fourth-order valence-corrected chi connectivity index (χ4v) is 3.10. The van der Waals surface area contributed by atoms with Gasteiger partial charge in [0.15, 0.2) is 0 Å². The summed E-state index contributed by atoms with van der Waals surface area (Å²) in [5, 5.41) is 9.25. The Labute approximate surface area is 130 Å². The lowest BCUT2D eigenvalue weighted by Crippen LogP contribution is -2.15. The third-order valence-corrected chi connectivity index (χ3v) is 4.33. The van der Waals surface area contributed by atoms with Gasteiger partial charge in [-0.2, -0.15) is 13.2 Å². The molecule has 2 aromatic carbocycles. The molecule has 9 heteroatoms. The predicted octanol–water partition coefficient (Wildman–Crippen LogP) is 3.22. The second-order valence-electron chi connectivity index (χ2n) is 4.49. The maximum absolute atomic E-state index is 12.7. The number of methoxy groups -OCH3 is 1. The van der Waals surface area contributed by atoms with E-state index in [2.05, 4.69) is 0 Å². The Balaban J connectivity index is 2.42. The molecule has 23 heavy (non-hydrogen) atoms. The van der Waals surface area contributed by atoms with Gasteiger partial charge in [-0.1, -0.05) is 12.1 Å². The van der Waals surface area contributed by atoms with E-state index in [4.69, 9.17) is 4.74 Å². The highest BCUT2D eigenvalue weighted by molar-refractivity contribution is 7.92. The van der Waals surface area contributed by atoms with Gasteiger partial charge in [-0.3, -0.25) is 4.72 Å². The normalized spacial score (nSPS) is 12.0. The van der Waals surface area contributed by atoms with Crippen LogP contribution in [-0.2, 0) is 16.2 Å². The van der Waals surface area contributed by atoms with Crippen molar-refractivity contribution in [3.63, 3.8) is 0 Å². The first-order valence-electron chi connectivity index (χ1n) is 6.21. The van der Waals surface area contributed by atoms with Crippen molar-refractivity contribution in [2.45, 2.75) is 11.1 Å². The largest absolute Gasteiger partial charge is 0.507 e. The van der Waals surface area contributed by atoms with Crippen LogP contribution in [0, 0.1) is 0 Å². The topological polar surface area (TPSA) is 75.6 Å². The van der Waals surface area contributed by atoms with Gasteiger partial charge in [-0.25, -0.2) is 8.42 Å². The zero-order valence-electron chi connectivity index (χ0n) is 11.8. The minimum absolute atomic E-state index is 0.0508. The number of nitrogens with one attached hydrogen (secondary N) is 1. The number of rotatable bonds is 4. The monoisotopic (exact) mass is 347 g/mol. The van der Waals surface area contributed by atoms with Crippen LogP contribution < -0.4 is 9.46 Å². The van der Waals surface area contributed by atoms with Crippen molar-refractivity contribution < 1.29 is 31.4 Å². The Kier molecular flexibility index (Phi) is 4.42. The van der Waals surface area contributed by atoms with Gasteiger partial charge in [-0.15, -0.1) is 0 Å². The Morgan fingerprint density at radius 2 is 1.78 bits per heavy atom. The highest BCUT2D eigenvalue weighted by Crippen LogP contribution is 2.37. The number of alkyl halides is 3. The number of hydrogen-bond donors (Lipinski definition) is 2. The number of ether oxygens (including phenoxy) is 1. The zero-order chi connectivity index (χ0) is 17.3. The molecule has 2 N–H and O–H groups in total. The molecule has 0 aromatic heterocycles. The number of halogens is 3. The second kappa shape index (κ2) is 5.99. The fraction of sp³-hybridized carbons (Fsp3) is 0.143. The van der Waals surface area contributed by atoms with E-state index < -0.39 is 27.5 Å². The van der Waals surface area contributed by atoms with Gasteiger partial charge in [0.25, 0.3) is 10.0 Å². The summed E-state index contributed by atoms with van der Waals surface area (Å²) in [6.45, 7) is 0. The summed E-state index contributed by atoms with van der Waals surface area (Å²) in [4.78, 5) is -0.218. The molecule has 0 amide bonds. The first-order valence-corrected chi connectivity index (χ1v) is 7.69. The number of benzene rings is 2. The minimum Gasteiger partial charge on any atom is -0.507 e. The van der Waals surface area contributed by atoms with Crippen LogP contribution in [0.5, 0.6) is 11.5 Å². The number of aromatic hydroxyl groups is 1. The molecule has 0 aliphatic heterocycles. The van der Waals surface area contributed by atoms with E-state index in [9.17, 15) is 26.7 Å². The standard InChI is InChI=1S/C14H12F3NO4S/c1-22-12-4-2-3-5-13(12)23(20,21)18-9-6-7-11(19)10(8-9)14(15,16)17/h2-8,18-19H,1H3. The van der Waals surface area contributed by atoms with Crippen molar-refractivity contribution in [3.8, 4) is 11.5 Å². The number of phenolic OH excluding ortho intramolecular Hbond substituents is 1. The summed E-state index contributed by atoms with van der Waals surface area (Å²) in [6, 6.07) is 7.98. The van der Waals surface area contributed by atoms with Crippen molar-refractivity contribution in [3.05, 3.63) is 48.0 Å². The molecule has 0 heterocycles. The zero-order valence-corrected chi connectivity index (χ0v) is 12.6.